The minimum atomic E-state index is -0.564. The predicted octanol–water partition coefficient (Wildman–Crippen LogP) is 3.97. The summed E-state index contributed by atoms with van der Waals surface area (Å²) in [5.74, 6) is 0.389. The van der Waals surface area contributed by atoms with Gasteiger partial charge in [0, 0.05) is 5.56 Å². The van der Waals surface area contributed by atoms with E-state index in [-0.39, 0.29) is 23.5 Å². The Kier molecular flexibility index (Phi) is 5.02. The highest BCUT2D eigenvalue weighted by Gasteiger charge is 2.24. The van der Waals surface area contributed by atoms with Gasteiger partial charge in [0.2, 0.25) is 5.90 Å². The minimum absolute atomic E-state index is 0.0146. The summed E-state index contributed by atoms with van der Waals surface area (Å²) in [6.07, 6.45) is 1.61. The first-order valence-corrected chi connectivity index (χ1v) is 8.09. The molecular formula is C20H18FNO4. The first-order chi connectivity index (χ1) is 12.5. The van der Waals surface area contributed by atoms with Crippen LogP contribution in [-0.4, -0.2) is 25.1 Å². The maximum absolute atomic E-state index is 13.0. The molecule has 0 aromatic heterocycles. The fraction of sp³-hybridized carbons (Fsp3) is 0.200. The molecule has 0 unspecified atom stereocenters. The molecule has 5 nitrogen and oxygen atoms in total. The minimum Gasteiger partial charge on any atom is -0.493 e. The zero-order chi connectivity index (χ0) is 18.7. The Bertz CT molecular complexity index is 885. The van der Waals surface area contributed by atoms with Gasteiger partial charge in [-0.1, -0.05) is 6.07 Å². The van der Waals surface area contributed by atoms with E-state index in [1.807, 2.05) is 13.8 Å². The molecule has 0 spiro atoms. The van der Waals surface area contributed by atoms with Crippen molar-refractivity contribution in [1.82, 2.24) is 0 Å². The highest BCUT2D eigenvalue weighted by atomic mass is 19.1. The van der Waals surface area contributed by atoms with E-state index < -0.39 is 5.97 Å². The Morgan fingerprint density at radius 2 is 1.85 bits per heavy atom. The highest BCUT2D eigenvalue weighted by molar-refractivity contribution is 6.12. The van der Waals surface area contributed by atoms with Gasteiger partial charge >= 0.3 is 5.97 Å². The van der Waals surface area contributed by atoms with Gasteiger partial charge in [-0.15, -0.1) is 0 Å². The van der Waals surface area contributed by atoms with Gasteiger partial charge in [-0.05, 0) is 61.9 Å². The third kappa shape index (κ3) is 3.91. The smallest absolute Gasteiger partial charge is 0.363 e. The summed E-state index contributed by atoms with van der Waals surface area (Å²) in [6.45, 7) is 3.85. The summed E-state index contributed by atoms with van der Waals surface area (Å²) >= 11 is 0. The van der Waals surface area contributed by atoms with E-state index in [4.69, 9.17) is 14.2 Å². The van der Waals surface area contributed by atoms with Crippen LogP contribution < -0.4 is 9.47 Å². The number of hydrogen-bond donors (Lipinski definition) is 0. The Balaban J connectivity index is 1.89. The SMILES string of the molecule is COc1cc(C=C2N=C(c3ccc(F)cc3)OC2=O)ccc1OC(C)C. The molecule has 3 rings (SSSR count). The first kappa shape index (κ1) is 17.7. The van der Waals surface area contributed by atoms with Gasteiger partial charge in [-0.3, -0.25) is 0 Å². The number of rotatable bonds is 5. The van der Waals surface area contributed by atoms with Gasteiger partial charge in [-0.2, -0.15) is 0 Å². The average Bonchev–Trinajstić information content (AvgIpc) is 2.97. The predicted molar refractivity (Wildman–Crippen MR) is 95.8 cm³/mol. The summed E-state index contributed by atoms with van der Waals surface area (Å²) in [6, 6.07) is 10.9. The van der Waals surface area contributed by atoms with Crippen LogP contribution in [-0.2, 0) is 9.53 Å². The summed E-state index contributed by atoms with van der Waals surface area (Å²) in [5, 5.41) is 0. The third-order valence-corrected chi connectivity index (χ3v) is 3.57. The number of halogens is 1. The molecule has 2 aromatic carbocycles. The fourth-order valence-electron chi connectivity index (χ4n) is 2.41. The van der Waals surface area contributed by atoms with Crippen molar-refractivity contribution in [1.29, 1.82) is 0 Å². The number of benzene rings is 2. The number of carbonyl (C=O) groups is 1. The molecule has 1 heterocycles. The summed E-state index contributed by atoms with van der Waals surface area (Å²) in [5.41, 5.74) is 1.40. The third-order valence-electron chi connectivity index (χ3n) is 3.57. The summed E-state index contributed by atoms with van der Waals surface area (Å²) < 4.78 is 29.2. The number of esters is 1. The van der Waals surface area contributed by atoms with Crippen LogP contribution in [0.5, 0.6) is 11.5 Å². The normalized spacial score (nSPS) is 15.2. The molecule has 0 N–H and O–H groups in total. The molecule has 0 atom stereocenters. The molecule has 1 aliphatic rings. The second kappa shape index (κ2) is 7.39. The van der Waals surface area contributed by atoms with Crippen molar-refractivity contribution in [3.8, 4) is 11.5 Å². The van der Waals surface area contributed by atoms with Crippen LogP contribution >= 0.6 is 0 Å². The van der Waals surface area contributed by atoms with E-state index in [1.54, 1.807) is 31.4 Å². The van der Waals surface area contributed by atoms with E-state index >= 15 is 0 Å². The largest absolute Gasteiger partial charge is 0.493 e. The number of methoxy groups -OCH3 is 1. The monoisotopic (exact) mass is 355 g/mol. The average molecular weight is 355 g/mol. The number of nitrogens with zero attached hydrogens (tertiary/aromatic N) is 1. The van der Waals surface area contributed by atoms with E-state index in [9.17, 15) is 9.18 Å². The molecule has 0 radical (unpaired) electrons. The quantitative estimate of drug-likeness (QED) is 0.602. The number of aliphatic imine (C=N–C) groups is 1. The fourth-order valence-corrected chi connectivity index (χ4v) is 2.41. The van der Waals surface area contributed by atoms with Crippen molar-refractivity contribution in [2.45, 2.75) is 20.0 Å². The Morgan fingerprint density at radius 1 is 1.12 bits per heavy atom. The molecule has 134 valence electrons. The van der Waals surface area contributed by atoms with Crippen molar-refractivity contribution in [3.63, 3.8) is 0 Å². The lowest BCUT2D eigenvalue weighted by Gasteiger charge is -2.13. The van der Waals surface area contributed by atoms with Crippen LogP contribution in [0, 0.1) is 5.82 Å². The lowest BCUT2D eigenvalue weighted by atomic mass is 10.1. The molecule has 1 aliphatic heterocycles. The second-order valence-corrected chi connectivity index (χ2v) is 5.92. The van der Waals surface area contributed by atoms with Crippen LogP contribution in [0.4, 0.5) is 4.39 Å². The standard InChI is InChI=1S/C20H18FNO4/c1-12(2)25-17-9-4-13(11-18(17)24-3)10-16-20(23)26-19(22-16)14-5-7-15(21)8-6-14/h4-12H,1-3H3. The molecular weight excluding hydrogens is 337 g/mol. The topological polar surface area (TPSA) is 57.1 Å². The van der Waals surface area contributed by atoms with Gasteiger partial charge in [-0.25, -0.2) is 14.2 Å². The van der Waals surface area contributed by atoms with E-state index in [2.05, 4.69) is 4.99 Å². The van der Waals surface area contributed by atoms with E-state index in [0.29, 0.717) is 22.6 Å². The van der Waals surface area contributed by atoms with Crippen LogP contribution in [0.1, 0.15) is 25.0 Å². The molecule has 6 heteroatoms. The van der Waals surface area contributed by atoms with Crippen molar-refractivity contribution in [2.24, 2.45) is 4.99 Å². The van der Waals surface area contributed by atoms with Crippen LogP contribution in [0.3, 0.4) is 0 Å². The zero-order valence-corrected chi connectivity index (χ0v) is 14.7. The van der Waals surface area contributed by atoms with Gasteiger partial charge in [0.1, 0.15) is 5.82 Å². The molecule has 0 fully saturated rings. The number of cyclic esters (lactones) is 1. The van der Waals surface area contributed by atoms with Crippen molar-refractivity contribution < 1.29 is 23.4 Å². The maximum atomic E-state index is 13.0. The molecule has 0 saturated carbocycles. The number of hydrogen-bond acceptors (Lipinski definition) is 5. The lowest BCUT2D eigenvalue weighted by Crippen LogP contribution is -2.06. The van der Waals surface area contributed by atoms with Gasteiger partial charge in [0.05, 0.1) is 13.2 Å². The van der Waals surface area contributed by atoms with Gasteiger partial charge < -0.3 is 14.2 Å². The maximum Gasteiger partial charge on any atom is 0.363 e. The van der Waals surface area contributed by atoms with Crippen LogP contribution in [0.2, 0.25) is 0 Å². The van der Waals surface area contributed by atoms with Gasteiger partial charge in [0.15, 0.2) is 17.2 Å². The Hall–Kier alpha value is -3.15. The molecule has 0 bridgehead atoms. The van der Waals surface area contributed by atoms with Crippen molar-refractivity contribution in [2.75, 3.05) is 7.11 Å². The number of carbonyl (C=O) groups excluding carboxylic acids is 1. The van der Waals surface area contributed by atoms with Crippen LogP contribution in [0.15, 0.2) is 53.2 Å². The molecule has 0 amide bonds. The lowest BCUT2D eigenvalue weighted by molar-refractivity contribution is -0.129. The Labute approximate surface area is 150 Å². The zero-order valence-electron chi connectivity index (χ0n) is 14.7. The van der Waals surface area contributed by atoms with Gasteiger partial charge in [0.25, 0.3) is 0 Å². The van der Waals surface area contributed by atoms with Crippen molar-refractivity contribution in [3.05, 3.63) is 65.1 Å². The molecule has 2 aromatic rings. The summed E-state index contributed by atoms with van der Waals surface area (Å²) in [7, 11) is 1.55. The van der Waals surface area contributed by atoms with Crippen LogP contribution in [0.25, 0.3) is 6.08 Å². The second-order valence-electron chi connectivity index (χ2n) is 5.92. The molecule has 26 heavy (non-hydrogen) atoms. The number of ether oxygens (including phenoxy) is 3. The summed E-state index contributed by atoms with van der Waals surface area (Å²) in [4.78, 5) is 16.3. The first-order valence-electron chi connectivity index (χ1n) is 8.09. The molecule has 0 saturated heterocycles. The highest BCUT2D eigenvalue weighted by Crippen LogP contribution is 2.30. The Morgan fingerprint density at radius 3 is 2.50 bits per heavy atom. The molecule has 0 aliphatic carbocycles. The van der Waals surface area contributed by atoms with E-state index in [1.165, 1.54) is 24.3 Å². The van der Waals surface area contributed by atoms with E-state index in [0.717, 1.165) is 0 Å². The van der Waals surface area contributed by atoms with Crippen molar-refractivity contribution >= 4 is 17.9 Å².